The predicted octanol–water partition coefficient (Wildman–Crippen LogP) is 3.19. The van der Waals surface area contributed by atoms with Crippen LogP contribution in [0.2, 0.25) is 5.02 Å². The van der Waals surface area contributed by atoms with E-state index in [0.717, 1.165) is 11.3 Å². The molecule has 0 aliphatic heterocycles. The van der Waals surface area contributed by atoms with Gasteiger partial charge in [-0.3, -0.25) is 9.59 Å². The molecule has 0 heterocycles. The first kappa shape index (κ1) is 16.8. The minimum absolute atomic E-state index is 0.200. The van der Waals surface area contributed by atoms with E-state index in [-0.39, 0.29) is 5.91 Å². The number of hydrogen-bond donors (Lipinski definition) is 3. The first-order valence-electron chi connectivity index (χ1n) is 7.10. The number of hydrogen-bond acceptors (Lipinski definition) is 3. The van der Waals surface area contributed by atoms with Crippen molar-refractivity contribution in [2.75, 3.05) is 10.6 Å². The summed E-state index contributed by atoms with van der Waals surface area (Å²) >= 11 is 6.07. The van der Waals surface area contributed by atoms with E-state index >= 15 is 0 Å². The number of nitrogens with one attached hydrogen (secondary N) is 2. The van der Waals surface area contributed by atoms with E-state index in [1.807, 2.05) is 19.1 Å². The highest BCUT2D eigenvalue weighted by atomic mass is 35.5. The summed E-state index contributed by atoms with van der Waals surface area (Å²) in [4.78, 5) is 23.2. The fourth-order valence-corrected chi connectivity index (χ4v) is 2.15. The van der Waals surface area contributed by atoms with E-state index in [4.69, 9.17) is 17.3 Å². The Bertz CT molecular complexity index is 729. The third-order valence-electron chi connectivity index (χ3n) is 3.39. The molecule has 23 heavy (non-hydrogen) atoms. The molecule has 0 spiro atoms. The van der Waals surface area contributed by atoms with Crippen molar-refractivity contribution in [3.8, 4) is 0 Å². The average molecular weight is 332 g/mol. The van der Waals surface area contributed by atoms with Gasteiger partial charge in [0.15, 0.2) is 0 Å². The van der Waals surface area contributed by atoms with Crippen molar-refractivity contribution < 1.29 is 9.59 Å². The van der Waals surface area contributed by atoms with Crippen LogP contribution in [0.5, 0.6) is 0 Å². The Morgan fingerprint density at radius 3 is 2.26 bits per heavy atom. The Balaban J connectivity index is 1.99. The maximum atomic E-state index is 12.2. The van der Waals surface area contributed by atoms with E-state index in [9.17, 15) is 9.59 Å². The summed E-state index contributed by atoms with van der Waals surface area (Å²) in [5.41, 5.74) is 7.91. The van der Waals surface area contributed by atoms with Crippen molar-refractivity contribution in [1.82, 2.24) is 0 Å². The third-order valence-corrected chi connectivity index (χ3v) is 3.79. The second-order valence-corrected chi connectivity index (χ2v) is 5.67. The number of benzene rings is 2. The van der Waals surface area contributed by atoms with Crippen LogP contribution in [0, 0.1) is 6.92 Å². The molecule has 0 aliphatic carbocycles. The van der Waals surface area contributed by atoms with Crippen molar-refractivity contribution in [3.63, 3.8) is 0 Å². The molecule has 0 bridgehead atoms. The number of halogens is 1. The van der Waals surface area contributed by atoms with Crippen LogP contribution < -0.4 is 16.4 Å². The largest absolute Gasteiger partial charge is 0.374 e. The van der Waals surface area contributed by atoms with Crippen LogP contribution in [-0.4, -0.2) is 17.9 Å². The number of carbonyl (C=O) groups excluding carboxylic acids is 2. The second kappa shape index (κ2) is 7.15. The van der Waals surface area contributed by atoms with Crippen LogP contribution in [-0.2, 0) is 4.79 Å². The van der Waals surface area contributed by atoms with Gasteiger partial charge < -0.3 is 16.4 Å². The Morgan fingerprint density at radius 1 is 1.09 bits per heavy atom. The predicted molar refractivity (Wildman–Crippen MR) is 92.9 cm³/mol. The summed E-state index contributed by atoms with van der Waals surface area (Å²) in [5.74, 6) is -0.706. The molecule has 120 valence electrons. The fraction of sp³-hybridized carbons (Fsp3) is 0.176. The summed E-state index contributed by atoms with van der Waals surface area (Å²) in [7, 11) is 0. The number of amides is 2. The van der Waals surface area contributed by atoms with E-state index in [1.165, 1.54) is 0 Å². The summed E-state index contributed by atoms with van der Waals surface area (Å²) in [6.45, 7) is 3.67. The van der Waals surface area contributed by atoms with Crippen molar-refractivity contribution in [3.05, 3.63) is 58.6 Å². The van der Waals surface area contributed by atoms with Gasteiger partial charge in [-0.05, 0) is 55.8 Å². The monoisotopic (exact) mass is 331 g/mol. The van der Waals surface area contributed by atoms with Crippen LogP contribution in [0.15, 0.2) is 42.5 Å². The maximum absolute atomic E-state index is 12.2. The van der Waals surface area contributed by atoms with E-state index in [1.54, 1.807) is 37.3 Å². The van der Waals surface area contributed by atoms with E-state index in [2.05, 4.69) is 10.6 Å². The lowest BCUT2D eigenvalue weighted by Gasteiger charge is -2.16. The Kier molecular flexibility index (Phi) is 5.24. The first-order valence-corrected chi connectivity index (χ1v) is 7.48. The summed E-state index contributed by atoms with van der Waals surface area (Å²) in [6, 6.07) is 11.5. The molecular formula is C17H18ClN3O2. The van der Waals surface area contributed by atoms with Gasteiger partial charge in [0.05, 0.1) is 0 Å². The van der Waals surface area contributed by atoms with Gasteiger partial charge in [-0.15, -0.1) is 0 Å². The van der Waals surface area contributed by atoms with Gasteiger partial charge in [0.1, 0.15) is 6.04 Å². The first-order chi connectivity index (χ1) is 10.9. The molecule has 4 N–H and O–H groups in total. The molecule has 0 unspecified atom stereocenters. The summed E-state index contributed by atoms with van der Waals surface area (Å²) in [6.07, 6.45) is 0. The van der Waals surface area contributed by atoms with Crippen molar-refractivity contribution in [1.29, 1.82) is 0 Å². The number of aryl methyl sites for hydroxylation is 1. The molecule has 0 aromatic heterocycles. The van der Waals surface area contributed by atoms with Gasteiger partial charge in [0.25, 0.3) is 0 Å². The van der Waals surface area contributed by atoms with Gasteiger partial charge in [-0.25, -0.2) is 0 Å². The molecular weight excluding hydrogens is 314 g/mol. The number of carbonyl (C=O) groups is 2. The topological polar surface area (TPSA) is 84.2 Å². The van der Waals surface area contributed by atoms with Crippen LogP contribution in [0.1, 0.15) is 22.8 Å². The fourth-order valence-electron chi connectivity index (χ4n) is 1.97. The highest BCUT2D eigenvalue weighted by Crippen LogP contribution is 2.20. The number of anilines is 2. The minimum atomic E-state index is -0.505. The van der Waals surface area contributed by atoms with Crippen LogP contribution in [0.3, 0.4) is 0 Å². The molecule has 5 nitrogen and oxygen atoms in total. The standard InChI is InChI=1S/C17H18ClN3O2/c1-10-3-6-14(9-15(10)18)20-11(2)17(23)21-13-7-4-12(5-8-13)16(19)22/h3-9,11,20H,1-2H3,(H2,19,22)(H,21,23)/t11-/m0/s1. The average Bonchev–Trinajstić information content (AvgIpc) is 2.51. The normalized spacial score (nSPS) is 11.6. The highest BCUT2D eigenvalue weighted by molar-refractivity contribution is 6.31. The molecule has 0 fully saturated rings. The van der Waals surface area contributed by atoms with Gasteiger partial charge >= 0.3 is 0 Å². The zero-order chi connectivity index (χ0) is 17.0. The molecule has 0 saturated heterocycles. The highest BCUT2D eigenvalue weighted by Gasteiger charge is 2.13. The van der Waals surface area contributed by atoms with Gasteiger partial charge in [-0.1, -0.05) is 17.7 Å². The van der Waals surface area contributed by atoms with Crippen LogP contribution >= 0.6 is 11.6 Å². The summed E-state index contributed by atoms with van der Waals surface area (Å²) < 4.78 is 0. The number of rotatable bonds is 5. The molecule has 2 aromatic rings. The second-order valence-electron chi connectivity index (χ2n) is 5.26. The zero-order valence-corrected chi connectivity index (χ0v) is 13.6. The van der Waals surface area contributed by atoms with Gasteiger partial charge in [-0.2, -0.15) is 0 Å². The summed E-state index contributed by atoms with van der Waals surface area (Å²) in [5, 5.41) is 6.50. The molecule has 2 amide bonds. The van der Waals surface area contributed by atoms with E-state index in [0.29, 0.717) is 16.3 Å². The lowest BCUT2D eigenvalue weighted by atomic mass is 10.2. The van der Waals surface area contributed by atoms with Gasteiger partial charge in [0.2, 0.25) is 11.8 Å². The molecule has 1 atom stereocenters. The maximum Gasteiger partial charge on any atom is 0.248 e. The van der Waals surface area contributed by atoms with Crippen molar-refractivity contribution >= 4 is 34.8 Å². The number of primary amides is 1. The van der Waals surface area contributed by atoms with Gasteiger partial charge in [0, 0.05) is 22.0 Å². The molecule has 2 rings (SSSR count). The van der Waals surface area contributed by atoms with E-state index < -0.39 is 11.9 Å². The lowest BCUT2D eigenvalue weighted by Crippen LogP contribution is -2.31. The van der Waals surface area contributed by atoms with Crippen LogP contribution in [0.4, 0.5) is 11.4 Å². The lowest BCUT2D eigenvalue weighted by molar-refractivity contribution is -0.116. The smallest absolute Gasteiger partial charge is 0.248 e. The molecule has 2 aromatic carbocycles. The zero-order valence-electron chi connectivity index (χ0n) is 12.9. The molecule has 6 heteroatoms. The van der Waals surface area contributed by atoms with Crippen molar-refractivity contribution in [2.45, 2.75) is 19.9 Å². The Morgan fingerprint density at radius 2 is 1.70 bits per heavy atom. The van der Waals surface area contributed by atoms with Crippen LogP contribution in [0.25, 0.3) is 0 Å². The molecule has 0 saturated carbocycles. The Hall–Kier alpha value is -2.53. The van der Waals surface area contributed by atoms with Crippen molar-refractivity contribution in [2.24, 2.45) is 5.73 Å². The minimum Gasteiger partial charge on any atom is -0.374 e. The Labute approximate surface area is 139 Å². The molecule has 0 radical (unpaired) electrons. The number of nitrogens with two attached hydrogens (primary N) is 1. The third kappa shape index (κ3) is 4.47. The SMILES string of the molecule is Cc1ccc(N[C@@H](C)C(=O)Nc2ccc(C(N)=O)cc2)cc1Cl. The molecule has 0 aliphatic rings. The quantitative estimate of drug-likeness (QED) is 0.786.